The Morgan fingerprint density at radius 2 is 0.545 bits per heavy atom. The van der Waals surface area contributed by atoms with Crippen LogP contribution in [0.3, 0.4) is 0 Å². The predicted octanol–water partition coefficient (Wildman–Crippen LogP) is 7.62. The Labute approximate surface area is 275 Å². The van der Waals surface area contributed by atoms with Crippen LogP contribution in [0.15, 0.2) is 0 Å². The molecule has 0 aliphatic heterocycles. The minimum Gasteiger partial charge on any atom is -0.547 e. The third-order valence-corrected chi connectivity index (χ3v) is 18.8. The molecule has 44 heavy (non-hydrogen) atoms. The number of carbonyl (C=O) groups is 2. The van der Waals surface area contributed by atoms with Gasteiger partial charge in [0.1, 0.15) is 12.2 Å². The minimum absolute atomic E-state index is 0.562. The van der Waals surface area contributed by atoms with E-state index in [1.165, 1.54) is 103 Å². The van der Waals surface area contributed by atoms with Gasteiger partial charge in [0, 0.05) is 14.5 Å². The van der Waals surface area contributed by atoms with Gasteiger partial charge < -0.3 is 30.0 Å². The molecule has 0 amide bonds. The molecule has 0 aromatic heterocycles. The molecule has 0 saturated carbocycles. The van der Waals surface area contributed by atoms with E-state index in [0.717, 1.165) is 0 Å². The van der Waals surface area contributed by atoms with Crippen molar-refractivity contribution in [3.05, 3.63) is 0 Å². The minimum atomic E-state index is -2.44. The van der Waals surface area contributed by atoms with Gasteiger partial charge in [-0.2, -0.15) is 0 Å². The first-order valence-electron chi connectivity index (χ1n) is 18.4. The zero-order valence-corrected chi connectivity index (χ0v) is 32.3. The van der Waals surface area contributed by atoms with Crippen LogP contribution in [0.2, 0.25) is 0 Å². The van der Waals surface area contributed by atoms with Crippen LogP contribution in [0.25, 0.3) is 0 Å². The van der Waals surface area contributed by atoms with Crippen LogP contribution in [-0.2, 0) is 9.59 Å². The van der Waals surface area contributed by atoms with Gasteiger partial charge in [-0.3, -0.25) is 0 Å². The molecule has 0 aliphatic carbocycles. The monoisotopic (exact) mass is 667 g/mol. The number of hydrogen-bond donors (Lipinski definition) is 2. The van der Waals surface area contributed by atoms with Crippen LogP contribution in [0.4, 0.5) is 0 Å². The summed E-state index contributed by atoms with van der Waals surface area (Å²) in [5.74, 6) is -4.12. The topological polar surface area (TPSA) is 121 Å². The summed E-state index contributed by atoms with van der Waals surface area (Å²) < 4.78 is 0. The van der Waals surface area contributed by atoms with E-state index in [-0.39, 0.29) is 0 Å². The number of aliphatic hydroxyl groups is 2. The van der Waals surface area contributed by atoms with Crippen molar-refractivity contribution in [1.29, 1.82) is 0 Å². The second kappa shape index (κ2) is 32.7. The molecule has 0 aliphatic rings. The highest BCUT2D eigenvalue weighted by atomic mass is 31.2. The van der Waals surface area contributed by atoms with E-state index in [4.69, 9.17) is 10.2 Å². The van der Waals surface area contributed by atoms with Crippen molar-refractivity contribution in [3.63, 3.8) is 0 Å². The fraction of sp³-hybridized carbons (Fsp3) is 0.944. The summed E-state index contributed by atoms with van der Waals surface area (Å²) >= 11 is 0. The van der Waals surface area contributed by atoms with Gasteiger partial charge in [0.25, 0.3) is 0 Å². The number of carbonyl (C=O) groups excluding carboxylic acids is 2. The lowest BCUT2D eigenvalue weighted by Gasteiger charge is -2.28. The largest absolute Gasteiger partial charge is 0.547 e. The van der Waals surface area contributed by atoms with Crippen molar-refractivity contribution < 1.29 is 30.0 Å². The summed E-state index contributed by atoms with van der Waals surface area (Å²) in [5, 5.41) is 35.7. The first kappa shape index (κ1) is 48.1. The number of aliphatic hydroxyl groups excluding tert-OH is 2. The third-order valence-electron chi connectivity index (χ3n) is 8.67. The third kappa shape index (κ3) is 25.9. The molecule has 0 bridgehead atoms. The molecular formula is C36H76O6P2. The van der Waals surface area contributed by atoms with Crippen molar-refractivity contribution >= 4 is 26.5 Å². The smallest absolute Gasteiger partial charge is 0.124 e. The van der Waals surface area contributed by atoms with E-state index in [1.807, 2.05) is 0 Å². The van der Waals surface area contributed by atoms with Crippen molar-refractivity contribution in [3.8, 4) is 0 Å². The van der Waals surface area contributed by atoms with Gasteiger partial charge in [0.2, 0.25) is 0 Å². The van der Waals surface area contributed by atoms with Crippen LogP contribution >= 0.6 is 14.5 Å². The van der Waals surface area contributed by atoms with E-state index in [1.54, 1.807) is 49.3 Å². The van der Waals surface area contributed by atoms with Crippen LogP contribution in [0, 0.1) is 0 Å². The van der Waals surface area contributed by atoms with Gasteiger partial charge in [0.05, 0.1) is 61.2 Å². The molecule has 0 heterocycles. The van der Waals surface area contributed by atoms with Crippen LogP contribution in [0.5, 0.6) is 0 Å². The molecule has 0 rings (SSSR count). The average molecular weight is 667 g/mol. The molecule has 6 nitrogen and oxygen atoms in total. The standard InChI is InChI=1S/2C16H36P.C4H6O6/c2*1-5-9-13-17(14-10-6-2,15-11-7-3)16-12-8-4;5-1(3(7)8)2(6)4(9)10/h2*5-16H2,1-4H3;1-2,5-6H,(H,7,8)(H,9,10)/q2*+1;/p-2/t;;1-,2-/m..1/s1. The molecule has 0 aromatic rings. The zero-order chi connectivity index (χ0) is 34.3. The van der Waals surface area contributed by atoms with Gasteiger partial charge in [0.15, 0.2) is 0 Å². The maximum atomic E-state index is 9.63. The van der Waals surface area contributed by atoms with Gasteiger partial charge in [-0.15, -0.1) is 0 Å². The number of hydrogen-bond acceptors (Lipinski definition) is 6. The summed E-state index contributed by atoms with van der Waals surface area (Å²) in [4.78, 5) is 19.3. The summed E-state index contributed by atoms with van der Waals surface area (Å²) in [7, 11) is -1.12. The first-order valence-corrected chi connectivity index (χ1v) is 23.5. The lowest BCUT2D eigenvalue weighted by molar-refractivity contribution is -0.333. The van der Waals surface area contributed by atoms with E-state index in [0.29, 0.717) is 0 Å². The Bertz CT molecular complexity index is 517. The maximum Gasteiger partial charge on any atom is 0.124 e. The van der Waals surface area contributed by atoms with Gasteiger partial charge in [-0.1, -0.05) is 107 Å². The maximum absolute atomic E-state index is 9.63. The summed E-state index contributed by atoms with van der Waals surface area (Å²) in [6.07, 6.45) is 31.0. The number of carboxylic acid groups (broad SMARTS) is 2. The zero-order valence-electron chi connectivity index (χ0n) is 30.5. The van der Waals surface area contributed by atoms with E-state index in [9.17, 15) is 19.8 Å². The summed E-state index contributed by atoms with van der Waals surface area (Å²) in [6.45, 7) is 18.8. The average Bonchev–Trinajstić information content (AvgIpc) is 3.03. The lowest BCUT2D eigenvalue weighted by Crippen LogP contribution is -2.51. The fourth-order valence-electron chi connectivity index (χ4n) is 5.55. The quantitative estimate of drug-likeness (QED) is 0.0871. The van der Waals surface area contributed by atoms with E-state index in [2.05, 4.69) is 55.4 Å². The SMILES string of the molecule is CCCC[P+](CCCC)(CCCC)CCCC.CCCC[P+](CCCC)(CCCC)CCCC.O=C([O-])[C@H](O)[C@@H](O)C(=O)[O-]. The Kier molecular flexibility index (Phi) is 35.7. The molecule has 0 fully saturated rings. The Balaban J connectivity index is -0.000000594. The van der Waals surface area contributed by atoms with Gasteiger partial charge in [-0.05, 0) is 51.4 Å². The summed E-state index contributed by atoms with van der Waals surface area (Å²) in [5.41, 5.74) is 0. The van der Waals surface area contributed by atoms with Crippen molar-refractivity contribution in [2.75, 3.05) is 49.3 Å². The van der Waals surface area contributed by atoms with Gasteiger partial charge >= 0.3 is 0 Å². The predicted molar refractivity (Wildman–Crippen MR) is 194 cm³/mol. The number of carboxylic acids is 2. The molecule has 266 valence electrons. The van der Waals surface area contributed by atoms with Gasteiger partial charge in [-0.25, -0.2) is 0 Å². The highest BCUT2D eigenvalue weighted by molar-refractivity contribution is 7.76. The summed E-state index contributed by atoms with van der Waals surface area (Å²) in [6, 6.07) is 0. The molecule has 0 spiro atoms. The van der Waals surface area contributed by atoms with Crippen molar-refractivity contribution in [1.82, 2.24) is 0 Å². The van der Waals surface area contributed by atoms with E-state index < -0.39 is 38.7 Å². The van der Waals surface area contributed by atoms with Crippen LogP contribution < -0.4 is 10.2 Å². The highest BCUT2D eigenvalue weighted by Crippen LogP contribution is 2.62. The number of aliphatic carboxylic acids is 2. The normalized spacial score (nSPS) is 12.9. The second-order valence-corrected chi connectivity index (χ2v) is 21.8. The molecule has 2 atom stereocenters. The van der Waals surface area contributed by atoms with Crippen molar-refractivity contribution in [2.24, 2.45) is 0 Å². The highest BCUT2D eigenvalue weighted by Gasteiger charge is 2.35. The van der Waals surface area contributed by atoms with Crippen LogP contribution in [0.1, 0.15) is 158 Å². The first-order chi connectivity index (χ1) is 20.9. The molecule has 8 heteroatoms. The lowest BCUT2D eigenvalue weighted by atomic mass is 10.2. The molecule has 0 unspecified atom stereocenters. The Morgan fingerprint density at radius 1 is 0.409 bits per heavy atom. The fourth-order valence-corrected chi connectivity index (χ4v) is 16.1. The Morgan fingerprint density at radius 3 is 0.636 bits per heavy atom. The Hall–Kier alpha value is -0.280. The second-order valence-electron chi connectivity index (χ2n) is 12.8. The van der Waals surface area contributed by atoms with E-state index >= 15 is 0 Å². The number of rotatable bonds is 27. The van der Waals surface area contributed by atoms with Crippen molar-refractivity contribution in [2.45, 2.75) is 170 Å². The molecule has 0 saturated heterocycles. The molecule has 0 aromatic carbocycles. The molecule has 2 N–H and O–H groups in total. The number of unbranched alkanes of at least 4 members (excludes halogenated alkanes) is 8. The molecule has 0 radical (unpaired) electrons. The van der Waals surface area contributed by atoms with Crippen LogP contribution in [-0.4, -0.2) is 83.7 Å². The molecular weight excluding hydrogens is 590 g/mol.